The lowest BCUT2D eigenvalue weighted by atomic mass is 9.91. The smallest absolute Gasteiger partial charge is 0.109 e. The van der Waals surface area contributed by atoms with Crippen molar-refractivity contribution in [2.24, 2.45) is 0 Å². The molecule has 102 valence electrons. The standard InChI is InChI=1S/C12H25NO4/c1-3-5-8(4-2)13-6-10(15)12(17)11(16)9(13)7-14/h8-12,14-17H,3-7H2,1-2H3. The highest BCUT2D eigenvalue weighted by molar-refractivity contribution is 4.96. The third kappa shape index (κ3) is 3.17. The summed E-state index contributed by atoms with van der Waals surface area (Å²) in [5.74, 6) is 0. The topological polar surface area (TPSA) is 84.2 Å². The van der Waals surface area contributed by atoms with E-state index in [4.69, 9.17) is 0 Å². The average Bonchev–Trinajstić information content (AvgIpc) is 2.33. The molecule has 1 rings (SSSR count). The Balaban J connectivity index is 2.80. The van der Waals surface area contributed by atoms with E-state index in [1.807, 2.05) is 4.90 Å². The summed E-state index contributed by atoms with van der Waals surface area (Å²) in [6.07, 6.45) is -0.319. The molecule has 0 amide bonds. The summed E-state index contributed by atoms with van der Waals surface area (Å²) in [4.78, 5) is 1.94. The van der Waals surface area contributed by atoms with Crippen LogP contribution in [0.5, 0.6) is 0 Å². The van der Waals surface area contributed by atoms with Crippen molar-refractivity contribution in [3.63, 3.8) is 0 Å². The van der Waals surface area contributed by atoms with E-state index in [9.17, 15) is 20.4 Å². The van der Waals surface area contributed by atoms with E-state index in [1.54, 1.807) is 0 Å². The van der Waals surface area contributed by atoms with Crippen LogP contribution in [0.4, 0.5) is 0 Å². The van der Waals surface area contributed by atoms with E-state index in [0.717, 1.165) is 19.3 Å². The molecule has 5 nitrogen and oxygen atoms in total. The molecular weight excluding hydrogens is 222 g/mol. The van der Waals surface area contributed by atoms with Gasteiger partial charge in [-0.1, -0.05) is 20.3 Å². The summed E-state index contributed by atoms with van der Waals surface area (Å²) in [5, 5.41) is 38.6. The van der Waals surface area contributed by atoms with Gasteiger partial charge in [-0.3, -0.25) is 4.90 Å². The summed E-state index contributed by atoms with van der Waals surface area (Å²) < 4.78 is 0. The second-order valence-corrected chi connectivity index (χ2v) is 4.85. The van der Waals surface area contributed by atoms with Crippen molar-refractivity contribution < 1.29 is 20.4 Å². The minimum atomic E-state index is -1.16. The molecule has 5 atom stereocenters. The molecule has 5 unspecified atom stereocenters. The van der Waals surface area contributed by atoms with Gasteiger partial charge < -0.3 is 20.4 Å². The Morgan fingerprint density at radius 2 is 1.82 bits per heavy atom. The molecule has 0 aromatic rings. The molecule has 0 spiro atoms. The van der Waals surface area contributed by atoms with Crippen molar-refractivity contribution in [1.82, 2.24) is 4.90 Å². The van der Waals surface area contributed by atoms with Gasteiger partial charge in [-0.15, -0.1) is 0 Å². The van der Waals surface area contributed by atoms with Gasteiger partial charge in [0, 0.05) is 12.6 Å². The molecule has 1 aliphatic heterocycles. The van der Waals surface area contributed by atoms with Crippen LogP contribution in [0, 0.1) is 0 Å². The van der Waals surface area contributed by atoms with Crippen LogP contribution >= 0.6 is 0 Å². The molecule has 4 N–H and O–H groups in total. The largest absolute Gasteiger partial charge is 0.395 e. The minimum absolute atomic E-state index is 0.203. The molecule has 0 saturated carbocycles. The van der Waals surface area contributed by atoms with E-state index in [0.29, 0.717) is 6.54 Å². The molecule has 5 heteroatoms. The molecule has 1 heterocycles. The molecule has 0 aliphatic carbocycles. The first-order valence-corrected chi connectivity index (χ1v) is 6.47. The van der Waals surface area contributed by atoms with Gasteiger partial charge in [0.05, 0.1) is 18.8 Å². The highest BCUT2D eigenvalue weighted by Crippen LogP contribution is 2.24. The van der Waals surface area contributed by atoms with Gasteiger partial charge in [-0.05, 0) is 12.8 Å². The van der Waals surface area contributed by atoms with Crippen LogP contribution < -0.4 is 0 Å². The first-order chi connectivity index (χ1) is 8.06. The lowest BCUT2D eigenvalue weighted by Gasteiger charge is -2.46. The molecular formula is C12H25NO4. The summed E-state index contributed by atoms with van der Waals surface area (Å²) in [5.41, 5.74) is 0. The van der Waals surface area contributed by atoms with Crippen LogP contribution in [-0.2, 0) is 0 Å². The number of hydrogen-bond acceptors (Lipinski definition) is 5. The Hall–Kier alpha value is -0.200. The highest BCUT2D eigenvalue weighted by atomic mass is 16.4. The van der Waals surface area contributed by atoms with Gasteiger partial charge in [0.2, 0.25) is 0 Å². The maximum Gasteiger partial charge on any atom is 0.109 e. The number of likely N-dealkylation sites (tertiary alicyclic amines) is 1. The zero-order chi connectivity index (χ0) is 13.0. The number of rotatable bonds is 5. The maximum atomic E-state index is 9.88. The monoisotopic (exact) mass is 247 g/mol. The van der Waals surface area contributed by atoms with E-state index in [1.165, 1.54) is 0 Å². The minimum Gasteiger partial charge on any atom is -0.395 e. The van der Waals surface area contributed by atoms with Crippen LogP contribution in [0.2, 0.25) is 0 Å². The lowest BCUT2D eigenvalue weighted by molar-refractivity contribution is -0.155. The Labute approximate surface area is 103 Å². The molecule has 1 saturated heterocycles. The Bertz CT molecular complexity index is 227. The molecule has 0 aromatic carbocycles. The first-order valence-electron chi connectivity index (χ1n) is 6.47. The van der Waals surface area contributed by atoms with Gasteiger partial charge in [0.25, 0.3) is 0 Å². The summed E-state index contributed by atoms with van der Waals surface area (Å²) in [6, 6.07) is -0.251. The number of piperidine rings is 1. The van der Waals surface area contributed by atoms with Gasteiger partial charge in [0.1, 0.15) is 12.2 Å². The predicted molar refractivity (Wildman–Crippen MR) is 64.6 cm³/mol. The fraction of sp³-hybridized carbons (Fsp3) is 1.00. The zero-order valence-corrected chi connectivity index (χ0v) is 10.7. The van der Waals surface area contributed by atoms with Gasteiger partial charge in [0.15, 0.2) is 0 Å². The van der Waals surface area contributed by atoms with Crippen molar-refractivity contribution in [2.45, 2.75) is 63.5 Å². The average molecular weight is 247 g/mol. The predicted octanol–water partition coefficient (Wildman–Crippen LogP) is -0.676. The highest BCUT2D eigenvalue weighted by Gasteiger charge is 2.42. The van der Waals surface area contributed by atoms with Crippen molar-refractivity contribution in [1.29, 1.82) is 0 Å². The molecule has 1 fully saturated rings. The summed E-state index contributed by atoms with van der Waals surface area (Å²) >= 11 is 0. The maximum absolute atomic E-state index is 9.88. The van der Waals surface area contributed by atoms with Crippen LogP contribution in [0.15, 0.2) is 0 Å². The molecule has 0 aromatic heterocycles. The van der Waals surface area contributed by atoms with Crippen molar-refractivity contribution in [3.05, 3.63) is 0 Å². The normalized spacial score (nSPS) is 37.1. The Morgan fingerprint density at radius 1 is 1.18 bits per heavy atom. The third-order valence-electron chi connectivity index (χ3n) is 3.71. The lowest BCUT2D eigenvalue weighted by Crippen LogP contribution is -2.64. The molecule has 1 aliphatic rings. The van der Waals surface area contributed by atoms with Crippen molar-refractivity contribution >= 4 is 0 Å². The van der Waals surface area contributed by atoms with Gasteiger partial charge >= 0.3 is 0 Å². The van der Waals surface area contributed by atoms with Gasteiger partial charge in [-0.2, -0.15) is 0 Å². The van der Waals surface area contributed by atoms with Crippen molar-refractivity contribution in [3.8, 4) is 0 Å². The molecule has 17 heavy (non-hydrogen) atoms. The second-order valence-electron chi connectivity index (χ2n) is 4.85. The number of aliphatic hydroxyl groups is 4. The van der Waals surface area contributed by atoms with Crippen molar-refractivity contribution in [2.75, 3.05) is 13.2 Å². The summed E-state index contributed by atoms with van der Waals surface area (Å²) in [7, 11) is 0. The van der Waals surface area contributed by atoms with E-state index >= 15 is 0 Å². The zero-order valence-electron chi connectivity index (χ0n) is 10.7. The van der Waals surface area contributed by atoms with Crippen LogP contribution in [-0.4, -0.2) is 68.9 Å². The Morgan fingerprint density at radius 3 is 2.29 bits per heavy atom. The third-order valence-corrected chi connectivity index (χ3v) is 3.71. The molecule has 0 bridgehead atoms. The Kier molecular flexibility index (Phi) is 5.82. The second kappa shape index (κ2) is 6.66. The van der Waals surface area contributed by atoms with E-state index in [-0.39, 0.29) is 12.6 Å². The number of β-amino-alcohol motifs (C(OH)–C–C–N with tert-alkyl or cyclic N) is 1. The quantitative estimate of drug-likeness (QED) is 0.517. The van der Waals surface area contributed by atoms with Gasteiger partial charge in [-0.25, -0.2) is 0 Å². The van der Waals surface area contributed by atoms with Crippen LogP contribution in [0.3, 0.4) is 0 Å². The fourth-order valence-corrected chi connectivity index (χ4v) is 2.68. The summed E-state index contributed by atoms with van der Waals surface area (Å²) in [6.45, 7) is 4.24. The van der Waals surface area contributed by atoms with E-state index in [2.05, 4.69) is 13.8 Å². The van der Waals surface area contributed by atoms with Crippen LogP contribution in [0.25, 0.3) is 0 Å². The number of nitrogens with zero attached hydrogens (tertiary/aromatic N) is 1. The molecule has 0 radical (unpaired) electrons. The SMILES string of the molecule is CCCC(CC)N1CC(O)C(O)C(O)C1CO. The van der Waals surface area contributed by atoms with E-state index < -0.39 is 24.4 Å². The fourth-order valence-electron chi connectivity index (χ4n) is 2.68. The number of aliphatic hydroxyl groups excluding tert-OH is 4. The number of hydrogen-bond donors (Lipinski definition) is 4. The van der Waals surface area contributed by atoms with Crippen LogP contribution in [0.1, 0.15) is 33.1 Å². The first kappa shape index (κ1) is 14.9.